The maximum Gasteiger partial charge on any atom is 0.150 e. The van der Waals surface area contributed by atoms with Crippen LogP contribution in [-0.4, -0.2) is 22.2 Å². The molecule has 0 saturated heterocycles. The van der Waals surface area contributed by atoms with Crippen LogP contribution in [0.3, 0.4) is 0 Å². The second-order valence-corrected chi connectivity index (χ2v) is 4.93. The minimum atomic E-state index is -0.894. The van der Waals surface area contributed by atoms with Gasteiger partial charge < -0.3 is 16.2 Å². The zero-order valence-corrected chi connectivity index (χ0v) is 11.1. The molecule has 1 unspecified atom stereocenters. The van der Waals surface area contributed by atoms with Crippen LogP contribution in [0.4, 0.5) is 15.8 Å². The SMILES string of the molecule is CCC(C)(O)CNc1c(F)cc(N)c2cccnc12. The van der Waals surface area contributed by atoms with Crippen LogP contribution < -0.4 is 11.1 Å². The molecule has 0 aliphatic rings. The Morgan fingerprint density at radius 1 is 1.53 bits per heavy atom. The van der Waals surface area contributed by atoms with Crippen molar-refractivity contribution in [1.29, 1.82) is 0 Å². The van der Waals surface area contributed by atoms with Gasteiger partial charge in [-0.1, -0.05) is 6.92 Å². The van der Waals surface area contributed by atoms with Gasteiger partial charge >= 0.3 is 0 Å². The monoisotopic (exact) mass is 263 g/mol. The normalized spacial score (nSPS) is 14.3. The number of rotatable bonds is 4. The molecule has 0 aliphatic carbocycles. The number of fused-ring (bicyclic) bond motifs is 1. The highest BCUT2D eigenvalue weighted by Gasteiger charge is 2.19. The molecule has 2 aromatic rings. The molecule has 1 atom stereocenters. The minimum Gasteiger partial charge on any atom is -0.398 e. The second-order valence-electron chi connectivity index (χ2n) is 4.93. The molecule has 5 heteroatoms. The van der Waals surface area contributed by atoms with Gasteiger partial charge in [-0.15, -0.1) is 0 Å². The molecule has 0 amide bonds. The lowest BCUT2D eigenvalue weighted by Gasteiger charge is -2.23. The molecule has 1 aromatic heterocycles. The fraction of sp³-hybridized carbons (Fsp3) is 0.357. The van der Waals surface area contributed by atoms with Crippen LogP contribution >= 0.6 is 0 Å². The van der Waals surface area contributed by atoms with Gasteiger partial charge in [0.25, 0.3) is 0 Å². The van der Waals surface area contributed by atoms with E-state index in [0.717, 1.165) is 0 Å². The van der Waals surface area contributed by atoms with Crippen molar-refractivity contribution < 1.29 is 9.50 Å². The van der Waals surface area contributed by atoms with Crippen molar-refractivity contribution in [2.24, 2.45) is 0 Å². The highest BCUT2D eigenvalue weighted by atomic mass is 19.1. The van der Waals surface area contributed by atoms with Crippen LogP contribution in [0.5, 0.6) is 0 Å². The van der Waals surface area contributed by atoms with Crippen molar-refractivity contribution in [3.05, 3.63) is 30.2 Å². The van der Waals surface area contributed by atoms with E-state index in [4.69, 9.17) is 5.73 Å². The van der Waals surface area contributed by atoms with Crippen molar-refractivity contribution in [1.82, 2.24) is 4.98 Å². The zero-order chi connectivity index (χ0) is 14.0. The van der Waals surface area contributed by atoms with E-state index in [-0.39, 0.29) is 12.2 Å². The second kappa shape index (κ2) is 5.01. The van der Waals surface area contributed by atoms with Gasteiger partial charge in [-0.3, -0.25) is 4.98 Å². The first-order chi connectivity index (χ1) is 8.94. The van der Waals surface area contributed by atoms with Crippen molar-refractivity contribution in [2.75, 3.05) is 17.6 Å². The van der Waals surface area contributed by atoms with Gasteiger partial charge in [0.2, 0.25) is 0 Å². The van der Waals surface area contributed by atoms with E-state index in [9.17, 15) is 9.50 Å². The average molecular weight is 263 g/mol. The van der Waals surface area contributed by atoms with Crippen LogP contribution in [-0.2, 0) is 0 Å². The summed E-state index contributed by atoms with van der Waals surface area (Å²) in [5, 5.41) is 13.6. The van der Waals surface area contributed by atoms with Crippen molar-refractivity contribution in [3.8, 4) is 0 Å². The molecule has 2 rings (SSSR count). The Kier molecular flexibility index (Phi) is 3.57. The van der Waals surface area contributed by atoms with Crippen LogP contribution in [0, 0.1) is 5.82 Å². The molecule has 19 heavy (non-hydrogen) atoms. The number of nitrogens with zero attached hydrogens (tertiary/aromatic N) is 1. The predicted octanol–water partition coefficient (Wildman–Crippen LogP) is 2.53. The van der Waals surface area contributed by atoms with Crippen molar-refractivity contribution in [2.45, 2.75) is 25.9 Å². The lowest BCUT2D eigenvalue weighted by Crippen LogP contribution is -2.32. The number of nitrogen functional groups attached to an aromatic ring is 1. The van der Waals surface area contributed by atoms with Crippen molar-refractivity contribution in [3.63, 3.8) is 0 Å². The summed E-state index contributed by atoms with van der Waals surface area (Å²) in [6.07, 6.45) is 2.16. The summed E-state index contributed by atoms with van der Waals surface area (Å²) >= 11 is 0. The van der Waals surface area contributed by atoms with Crippen LogP contribution in [0.15, 0.2) is 24.4 Å². The van der Waals surface area contributed by atoms with E-state index in [2.05, 4.69) is 10.3 Å². The molecule has 102 valence electrons. The van der Waals surface area contributed by atoms with Gasteiger partial charge in [-0.25, -0.2) is 4.39 Å². The molecule has 0 radical (unpaired) electrons. The number of nitrogens with one attached hydrogen (secondary N) is 1. The van der Waals surface area contributed by atoms with Gasteiger partial charge in [0.15, 0.2) is 5.82 Å². The fourth-order valence-electron chi connectivity index (χ4n) is 1.81. The Balaban J connectivity index is 2.43. The fourth-order valence-corrected chi connectivity index (χ4v) is 1.81. The van der Waals surface area contributed by atoms with E-state index in [1.165, 1.54) is 6.07 Å². The first-order valence-corrected chi connectivity index (χ1v) is 6.23. The van der Waals surface area contributed by atoms with Gasteiger partial charge in [-0.05, 0) is 31.5 Å². The Labute approximate surface area is 111 Å². The maximum atomic E-state index is 14.0. The number of aromatic nitrogens is 1. The summed E-state index contributed by atoms with van der Waals surface area (Å²) < 4.78 is 14.0. The molecule has 1 heterocycles. The van der Waals surface area contributed by atoms with Crippen LogP contribution in [0.1, 0.15) is 20.3 Å². The number of nitrogens with two attached hydrogens (primary N) is 1. The molecule has 0 saturated carbocycles. The third-order valence-corrected chi connectivity index (χ3v) is 3.28. The number of hydrogen-bond donors (Lipinski definition) is 3. The quantitative estimate of drug-likeness (QED) is 0.741. The maximum absolute atomic E-state index is 14.0. The number of aliphatic hydroxyl groups is 1. The molecular formula is C14H18FN3O. The standard InChI is InChI=1S/C14H18FN3O/c1-3-14(2,19)8-18-13-10(15)7-11(16)9-5-4-6-17-12(9)13/h4-7,18-19H,3,8,16H2,1-2H3. The van der Waals surface area contributed by atoms with Crippen LogP contribution in [0.25, 0.3) is 10.9 Å². The number of anilines is 2. The molecule has 4 N–H and O–H groups in total. The molecule has 0 aliphatic heterocycles. The lowest BCUT2D eigenvalue weighted by atomic mass is 10.0. The summed E-state index contributed by atoms with van der Waals surface area (Å²) in [5.41, 5.74) is 5.99. The topological polar surface area (TPSA) is 71.2 Å². The van der Waals surface area contributed by atoms with E-state index in [1.54, 1.807) is 25.3 Å². The Hall–Kier alpha value is -1.88. The molecular weight excluding hydrogens is 245 g/mol. The number of pyridine rings is 1. The van der Waals surface area contributed by atoms with E-state index < -0.39 is 11.4 Å². The largest absolute Gasteiger partial charge is 0.398 e. The number of halogens is 1. The Morgan fingerprint density at radius 2 is 2.26 bits per heavy atom. The summed E-state index contributed by atoms with van der Waals surface area (Å²) in [7, 11) is 0. The highest BCUT2D eigenvalue weighted by Crippen LogP contribution is 2.30. The lowest BCUT2D eigenvalue weighted by molar-refractivity contribution is 0.0697. The average Bonchev–Trinajstić information content (AvgIpc) is 2.38. The minimum absolute atomic E-state index is 0.246. The first kappa shape index (κ1) is 13.5. The summed E-state index contributed by atoms with van der Waals surface area (Å²) in [4.78, 5) is 4.17. The molecule has 0 bridgehead atoms. The molecule has 0 fully saturated rings. The third-order valence-electron chi connectivity index (χ3n) is 3.28. The van der Waals surface area contributed by atoms with Gasteiger partial charge in [0.1, 0.15) is 0 Å². The van der Waals surface area contributed by atoms with Gasteiger partial charge in [0.05, 0.1) is 16.8 Å². The summed E-state index contributed by atoms with van der Waals surface area (Å²) in [6.45, 7) is 3.82. The van der Waals surface area contributed by atoms with Crippen molar-refractivity contribution >= 4 is 22.3 Å². The predicted molar refractivity (Wildman–Crippen MR) is 75.5 cm³/mol. The van der Waals surface area contributed by atoms with Gasteiger partial charge in [0, 0.05) is 23.8 Å². The first-order valence-electron chi connectivity index (χ1n) is 6.23. The Bertz CT molecular complexity index is 599. The number of benzene rings is 1. The number of hydrogen-bond acceptors (Lipinski definition) is 4. The van der Waals surface area contributed by atoms with E-state index >= 15 is 0 Å². The summed E-state index contributed by atoms with van der Waals surface area (Å²) in [5.74, 6) is -0.462. The molecule has 0 spiro atoms. The third kappa shape index (κ3) is 2.76. The highest BCUT2D eigenvalue weighted by molar-refractivity contribution is 5.98. The molecule has 1 aromatic carbocycles. The van der Waals surface area contributed by atoms with Crippen LogP contribution in [0.2, 0.25) is 0 Å². The smallest absolute Gasteiger partial charge is 0.150 e. The van der Waals surface area contributed by atoms with Gasteiger partial charge in [-0.2, -0.15) is 0 Å². The zero-order valence-electron chi connectivity index (χ0n) is 11.1. The molecule has 4 nitrogen and oxygen atoms in total. The van der Waals surface area contributed by atoms with E-state index in [1.807, 2.05) is 6.92 Å². The summed E-state index contributed by atoms with van der Waals surface area (Å²) in [6, 6.07) is 4.82. The van der Waals surface area contributed by atoms with E-state index in [0.29, 0.717) is 23.0 Å². The Morgan fingerprint density at radius 3 is 2.95 bits per heavy atom.